The van der Waals surface area contributed by atoms with Crippen LogP contribution in [-0.2, 0) is 12.1 Å². The van der Waals surface area contributed by atoms with Crippen LogP contribution in [0.5, 0.6) is 0 Å². The molecule has 23 heavy (non-hydrogen) atoms. The van der Waals surface area contributed by atoms with Crippen molar-refractivity contribution in [1.82, 2.24) is 24.8 Å². The van der Waals surface area contributed by atoms with E-state index in [1.54, 1.807) is 35.2 Å². The van der Waals surface area contributed by atoms with Gasteiger partial charge in [-0.2, -0.15) is 0 Å². The Morgan fingerprint density at radius 3 is 2.91 bits per heavy atom. The maximum Gasteiger partial charge on any atom is 0.326 e. The van der Waals surface area contributed by atoms with Crippen molar-refractivity contribution >= 4 is 16.9 Å². The second kappa shape index (κ2) is 4.84. The summed E-state index contributed by atoms with van der Waals surface area (Å²) in [7, 11) is 0. The minimum absolute atomic E-state index is 0.155. The van der Waals surface area contributed by atoms with Gasteiger partial charge < -0.3 is 15.3 Å². The fraction of sp³-hybridized carbons (Fsp3) is 0.312. The summed E-state index contributed by atoms with van der Waals surface area (Å²) in [5.74, 6) is 0.635. The van der Waals surface area contributed by atoms with E-state index in [1.165, 1.54) is 0 Å². The number of aryl methyl sites for hydroxylation is 1. The third kappa shape index (κ3) is 2.16. The molecule has 4 rings (SSSR count). The third-order valence-electron chi connectivity index (χ3n) is 4.41. The van der Waals surface area contributed by atoms with Gasteiger partial charge in [0.25, 0.3) is 5.91 Å². The Morgan fingerprint density at radius 1 is 1.43 bits per heavy atom. The monoisotopic (exact) mass is 311 g/mol. The fourth-order valence-electron chi connectivity index (χ4n) is 2.97. The van der Waals surface area contributed by atoms with Crippen molar-refractivity contribution in [3.05, 3.63) is 52.5 Å². The van der Waals surface area contributed by atoms with Crippen LogP contribution in [0.25, 0.3) is 11.0 Å². The number of nitrogens with zero attached hydrogens (tertiary/aromatic N) is 2. The molecule has 0 aliphatic heterocycles. The number of imidazole rings is 2. The fourth-order valence-corrected chi connectivity index (χ4v) is 2.97. The van der Waals surface area contributed by atoms with Crippen LogP contribution in [0.3, 0.4) is 0 Å². The number of H-pyrrole nitrogens is 2. The normalized spacial score (nSPS) is 15.7. The Morgan fingerprint density at radius 2 is 2.26 bits per heavy atom. The van der Waals surface area contributed by atoms with E-state index in [9.17, 15) is 9.59 Å². The van der Waals surface area contributed by atoms with E-state index in [0.717, 1.165) is 29.7 Å². The van der Waals surface area contributed by atoms with Gasteiger partial charge >= 0.3 is 5.69 Å². The maximum atomic E-state index is 12.6. The van der Waals surface area contributed by atoms with E-state index < -0.39 is 0 Å². The molecule has 1 aliphatic rings. The lowest BCUT2D eigenvalue weighted by atomic mass is 10.1. The number of carbonyl (C=O) groups excluding carboxylic acids is 1. The summed E-state index contributed by atoms with van der Waals surface area (Å²) in [5, 5.41) is 3.06. The lowest BCUT2D eigenvalue weighted by Gasteiger charge is -2.15. The number of amides is 1. The van der Waals surface area contributed by atoms with Gasteiger partial charge in [0.15, 0.2) is 0 Å². The number of aromatic amines is 2. The van der Waals surface area contributed by atoms with Crippen molar-refractivity contribution in [1.29, 1.82) is 0 Å². The molecule has 2 aromatic heterocycles. The van der Waals surface area contributed by atoms with Gasteiger partial charge in [-0.05, 0) is 38.0 Å². The van der Waals surface area contributed by atoms with E-state index in [-0.39, 0.29) is 17.1 Å². The summed E-state index contributed by atoms with van der Waals surface area (Å²) in [6.45, 7) is 2.46. The molecule has 0 bridgehead atoms. The van der Waals surface area contributed by atoms with Crippen molar-refractivity contribution in [3.63, 3.8) is 0 Å². The Balaban J connectivity index is 1.66. The first kappa shape index (κ1) is 13.8. The average Bonchev–Trinajstić information content (AvgIpc) is 3.00. The van der Waals surface area contributed by atoms with Crippen LogP contribution in [0.2, 0.25) is 0 Å². The summed E-state index contributed by atoms with van der Waals surface area (Å²) >= 11 is 0. The number of hydrogen-bond donors (Lipinski definition) is 3. The highest BCUT2D eigenvalue weighted by Crippen LogP contribution is 2.43. The predicted molar refractivity (Wildman–Crippen MR) is 85.2 cm³/mol. The molecule has 0 atom stereocenters. The molecule has 1 aromatic carbocycles. The van der Waals surface area contributed by atoms with E-state index in [2.05, 4.69) is 20.3 Å². The number of rotatable bonds is 4. The first-order valence-electron chi connectivity index (χ1n) is 7.68. The van der Waals surface area contributed by atoms with Crippen molar-refractivity contribution in [3.8, 4) is 0 Å². The van der Waals surface area contributed by atoms with Crippen LogP contribution in [0, 0.1) is 0 Å². The zero-order chi connectivity index (χ0) is 16.0. The Hall–Kier alpha value is -2.83. The molecule has 3 aromatic rings. The van der Waals surface area contributed by atoms with Crippen LogP contribution in [0.1, 0.15) is 35.9 Å². The van der Waals surface area contributed by atoms with Crippen LogP contribution in [0.4, 0.5) is 0 Å². The summed E-state index contributed by atoms with van der Waals surface area (Å²) in [4.78, 5) is 34.6. The topological polar surface area (TPSA) is 95.6 Å². The van der Waals surface area contributed by atoms with Gasteiger partial charge in [-0.15, -0.1) is 0 Å². The SMILES string of the molecule is CCn1c(=O)[nH]c2ccc(C(=O)NC3(c4ncc[nH]4)CC3)cc21. The largest absolute Gasteiger partial charge is 0.347 e. The van der Waals surface area contributed by atoms with Gasteiger partial charge in [-0.3, -0.25) is 9.36 Å². The minimum atomic E-state index is -0.377. The number of benzene rings is 1. The molecule has 3 N–H and O–H groups in total. The first-order valence-corrected chi connectivity index (χ1v) is 7.68. The van der Waals surface area contributed by atoms with Gasteiger partial charge in [-0.25, -0.2) is 9.78 Å². The number of carbonyl (C=O) groups is 1. The zero-order valence-corrected chi connectivity index (χ0v) is 12.7. The van der Waals surface area contributed by atoms with E-state index >= 15 is 0 Å². The molecule has 0 unspecified atom stereocenters. The smallest absolute Gasteiger partial charge is 0.326 e. The number of nitrogens with one attached hydrogen (secondary N) is 3. The maximum absolute atomic E-state index is 12.6. The molecule has 0 spiro atoms. The second-order valence-corrected chi connectivity index (χ2v) is 5.88. The lowest BCUT2D eigenvalue weighted by Crippen LogP contribution is -2.35. The van der Waals surface area contributed by atoms with Gasteiger partial charge in [0.05, 0.1) is 16.6 Å². The number of hydrogen-bond acceptors (Lipinski definition) is 3. The summed E-state index contributed by atoms with van der Waals surface area (Å²) < 4.78 is 1.62. The van der Waals surface area contributed by atoms with Gasteiger partial charge in [0.1, 0.15) is 5.82 Å². The van der Waals surface area contributed by atoms with Gasteiger partial charge in [-0.1, -0.05) is 0 Å². The first-order chi connectivity index (χ1) is 11.1. The summed E-state index contributed by atoms with van der Waals surface area (Å²) in [5.41, 5.74) is 1.48. The zero-order valence-electron chi connectivity index (χ0n) is 12.7. The van der Waals surface area contributed by atoms with Crippen LogP contribution >= 0.6 is 0 Å². The molecule has 7 nitrogen and oxygen atoms in total. The molecule has 1 saturated carbocycles. The molecular weight excluding hydrogens is 294 g/mol. The molecule has 1 amide bonds. The van der Waals surface area contributed by atoms with E-state index in [0.29, 0.717) is 12.1 Å². The highest BCUT2D eigenvalue weighted by molar-refractivity contribution is 5.98. The molecule has 1 fully saturated rings. The highest BCUT2D eigenvalue weighted by atomic mass is 16.2. The molecule has 0 radical (unpaired) electrons. The van der Waals surface area contributed by atoms with E-state index in [1.807, 2.05) is 6.92 Å². The predicted octanol–water partition coefficient (Wildman–Crippen LogP) is 1.49. The Labute approximate surface area is 131 Å². The molecular formula is C16H17N5O2. The number of aromatic nitrogens is 4. The number of fused-ring (bicyclic) bond motifs is 1. The molecule has 118 valence electrons. The molecule has 0 saturated heterocycles. The van der Waals surface area contributed by atoms with E-state index in [4.69, 9.17) is 0 Å². The standard InChI is InChI=1S/C16H17N5O2/c1-2-21-12-9-10(3-4-11(12)19-15(21)23)13(22)20-16(5-6-16)14-17-7-8-18-14/h3-4,7-9H,2,5-6H2,1H3,(H,17,18)(H,19,23)(H,20,22). The van der Waals surface area contributed by atoms with Crippen molar-refractivity contribution in [2.45, 2.75) is 31.8 Å². The minimum Gasteiger partial charge on any atom is -0.347 e. The quantitative estimate of drug-likeness (QED) is 0.681. The van der Waals surface area contributed by atoms with Crippen LogP contribution < -0.4 is 11.0 Å². The van der Waals surface area contributed by atoms with Crippen LogP contribution in [-0.4, -0.2) is 25.4 Å². The van der Waals surface area contributed by atoms with Gasteiger partial charge in [0.2, 0.25) is 0 Å². The van der Waals surface area contributed by atoms with Crippen molar-refractivity contribution in [2.24, 2.45) is 0 Å². The lowest BCUT2D eigenvalue weighted by molar-refractivity contribution is 0.0929. The van der Waals surface area contributed by atoms with Crippen molar-refractivity contribution < 1.29 is 4.79 Å². The highest BCUT2D eigenvalue weighted by Gasteiger charge is 2.48. The summed E-state index contributed by atoms with van der Waals surface area (Å²) in [6.07, 6.45) is 5.19. The van der Waals surface area contributed by atoms with Crippen LogP contribution in [0.15, 0.2) is 35.4 Å². The summed E-state index contributed by atoms with van der Waals surface area (Å²) in [6, 6.07) is 5.25. The third-order valence-corrected chi connectivity index (χ3v) is 4.41. The Kier molecular flexibility index (Phi) is 2.90. The Bertz CT molecular complexity index is 931. The van der Waals surface area contributed by atoms with Crippen molar-refractivity contribution in [2.75, 3.05) is 0 Å². The molecule has 1 aliphatic carbocycles. The molecule has 7 heteroatoms. The second-order valence-electron chi connectivity index (χ2n) is 5.88. The average molecular weight is 311 g/mol. The van der Waals surface area contributed by atoms with Gasteiger partial charge in [0, 0.05) is 24.5 Å². The molecule has 2 heterocycles.